The molecule has 0 unspecified atom stereocenters. The third-order valence-corrected chi connectivity index (χ3v) is 4.74. The van der Waals surface area contributed by atoms with E-state index in [0.717, 1.165) is 25.7 Å². The highest BCUT2D eigenvalue weighted by molar-refractivity contribution is 5.43. The maximum atomic E-state index is 12.5. The summed E-state index contributed by atoms with van der Waals surface area (Å²) >= 11 is 0. The second-order valence-electron chi connectivity index (χ2n) is 6.60. The topological polar surface area (TPSA) is 136 Å². The molecular formula is C17H19N7O2. The van der Waals surface area contributed by atoms with Gasteiger partial charge in [-0.2, -0.15) is 4.98 Å². The summed E-state index contributed by atoms with van der Waals surface area (Å²) in [6.45, 7) is 1.76. The highest BCUT2D eigenvalue weighted by Crippen LogP contribution is 2.34. The smallest absolute Gasteiger partial charge is 0.255 e. The van der Waals surface area contributed by atoms with E-state index in [-0.39, 0.29) is 12.0 Å². The first kappa shape index (κ1) is 16.5. The normalized spacial score (nSPS) is 16.1. The third kappa shape index (κ3) is 3.01. The summed E-state index contributed by atoms with van der Waals surface area (Å²) < 4.78 is 5.32. The van der Waals surface area contributed by atoms with Crippen molar-refractivity contribution in [3.8, 4) is 11.6 Å². The molecule has 0 amide bonds. The molecule has 3 aromatic heterocycles. The lowest BCUT2D eigenvalue weighted by molar-refractivity contribution is 0.352. The number of rotatable bonds is 4. The molecule has 1 saturated carbocycles. The first-order valence-corrected chi connectivity index (χ1v) is 8.54. The van der Waals surface area contributed by atoms with Crippen LogP contribution in [0.25, 0.3) is 11.6 Å². The van der Waals surface area contributed by atoms with Gasteiger partial charge in [-0.05, 0) is 25.8 Å². The van der Waals surface area contributed by atoms with Gasteiger partial charge in [0, 0.05) is 23.7 Å². The Morgan fingerprint density at radius 2 is 1.96 bits per heavy atom. The van der Waals surface area contributed by atoms with Gasteiger partial charge in [0.25, 0.3) is 5.56 Å². The van der Waals surface area contributed by atoms with Gasteiger partial charge in [0.05, 0.1) is 12.0 Å². The van der Waals surface area contributed by atoms with Crippen molar-refractivity contribution in [2.75, 3.05) is 0 Å². The van der Waals surface area contributed by atoms with E-state index in [2.05, 4.69) is 30.1 Å². The van der Waals surface area contributed by atoms with Crippen molar-refractivity contribution in [3.05, 3.63) is 51.8 Å². The monoisotopic (exact) mass is 353 g/mol. The Labute approximate surface area is 149 Å². The van der Waals surface area contributed by atoms with Gasteiger partial charge in [0.1, 0.15) is 0 Å². The Kier molecular flexibility index (Phi) is 4.08. The number of hydrogen-bond donors (Lipinski definition) is 2. The molecule has 3 N–H and O–H groups in total. The van der Waals surface area contributed by atoms with E-state index >= 15 is 0 Å². The van der Waals surface area contributed by atoms with Crippen LogP contribution < -0.4 is 11.3 Å². The highest BCUT2D eigenvalue weighted by Gasteiger charge is 2.36. The van der Waals surface area contributed by atoms with Gasteiger partial charge >= 0.3 is 0 Å². The molecule has 9 heteroatoms. The molecule has 0 atom stereocenters. The largest absolute Gasteiger partial charge is 0.339 e. The van der Waals surface area contributed by atoms with Crippen LogP contribution in [-0.2, 0) is 12.0 Å². The van der Waals surface area contributed by atoms with Crippen molar-refractivity contribution in [2.24, 2.45) is 5.73 Å². The number of nitrogens with one attached hydrogen (secondary N) is 1. The molecule has 1 fully saturated rings. The fourth-order valence-corrected chi connectivity index (χ4v) is 3.26. The Hall–Kier alpha value is -2.94. The summed E-state index contributed by atoms with van der Waals surface area (Å²) in [5.74, 6) is 1.57. The predicted octanol–water partition coefficient (Wildman–Crippen LogP) is 1.24. The van der Waals surface area contributed by atoms with E-state index in [1.165, 1.54) is 0 Å². The molecule has 134 valence electrons. The standard InChI is InChI=1S/C17H19N7O2/c1-10-11(15(25)23-14(21-10)13-19-7-4-8-20-13)9-12-22-16(24-26-12)17(18)5-2-3-6-17/h4,7-8H,2-3,5-6,9,18H2,1H3,(H,21,23,25). The number of hydrogen-bond acceptors (Lipinski definition) is 8. The minimum absolute atomic E-state index is 0.202. The molecule has 1 aliphatic rings. The number of aromatic nitrogens is 6. The Morgan fingerprint density at radius 1 is 1.23 bits per heavy atom. The Balaban J connectivity index is 1.61. The van der Waals surface area contributed by atoms with Crippen molar-refractivity contribution in [2.45, 2.75) is 44.6 Å². The van der Waals surface area contributed by atoms with Crippen LogP contribution in [0.4, 0.5) is 0 Å². The summed E-state index contributed by atoms with van der Waals surface area (Å²) in [4.78, 5) is 32.2. The van der Waals surface area contributed by atoms with Crippen LogP contribution in [0.2, 0.25) is 0 Å². The maximum absolute atomic E-state index is 12.5. The first-order chi connectivity index (χ1) is 12.5. The van der Waals surface area contributed by atoms with Crippen LogP contribution in [0.15, 0.2) is 27.8 Å². The predicted molar refractivity (Wildman–Crippen MR) is 92.1 cm³/mol. The van der Waals surface area contributed by atoms with E-state index in [0.29, 0.717) is 34.6 Å². The lowest BCUT2D eigenvalue weighted by Gasteiger charge is -2.17. The molecule has 0 bridgehead atoms. The molecule has 0 saturated heterocycles. The van der Waals surface area contributed by atoms with Crippen molar-refractivity contribution in [1.29, 1.82) is 0 Å². The number of aryl methyl sites for hydroxylation is 1. The molecule has 1 aliphatic carbocycles. The van der Waals surface area contributed by atoms with Gasteiger partial charge in [-0.3, -0.25) is 4.79 Å². The highest BCUT2D eigenvalue weighted by atomic mass is 16.5. The van der Waals surface area contributed by atoms with Gasteiger partial charge in [-0.1, -0.05) is 18.0 Å². The number of nitrogens with zero attached hydrogens (tertiary/aromatic N) is 5. The molecule has 26 heavy (non-hydrogen) atoms. The van der Waals surface area contributed by atoms with Gasteiger partial charge < -0.3 is 15.2 Å². The summed E-state index contributed by atoms with van der Waals surface area (Å²) in [7, 11) is 0. The molecule has 9 nitrogen and oxygen atoms in total. The quantitative estimate of drug-likeness (QED) is 0.715. The second-order valence-corrected chi connectivity index (χ2v) is 6.60. The lowest BCUT2D eigenvalue weighted by atomic mass is 9.99. The van der Waals surface area contributed by atoms with E-state index in [9.17, 15) is 4.79 Å². The van der Waals surface area contributed by atoms with Crippen LogP contribution in [0, 0.1) is 6.92 Å². The summed E-state index contributed by atoms with van der Waals surface area (Å²) in [6.07, 6.45) is 7.21. The molecule has 0 aliphatic heterocycles. The number of nitrogens with two attached hydrogens (primary N) is 1. The molecular weight excluding hydrogens is 334 g/mol. The van der Waals surface area contributed by atoms with Crippen molar-refractivity contribution >= 4 is 0 Å². The fourth-order valence-electron chi connectivity index (χ4n) is 3.26. The second kappa shape index (κ2) is 6.41. The maximum Gasteiger partial charge on any atom is 0.255 e. The molecule has 0 spiro atoms. The third-order valence-electron chi connectivity index (χ3n) is 4.74. The van der Waals surface area contributed by atoms with E-state index in [1.54, 1.807) is 25.4 Å². The summed E-state index contributed by atoms with van der Waals surface area (Å²) in [6, 6.07) is 1.70. The van der Waals surface area contributed by atoms with E-state index in [4.69, 9.17) is 10.3 Å². The SMILES string of the molecule is Cc1nc(-c2ncccn2)[nH]c(=O)c1Cc1nc(C2(N)CCCC2)no1. The molecule has 4 rings (SSSR count). The molecule has 0 radical (unpaired) electrons. The number of aromatic amines is 1. The van der Waals surface area contributed by atoms with E-state index < -0.39 is 5.54 Å². The zero-order valence-electron chi connectivity index (χ0n) is 14.4. The average molecular weight is 353 g/mol. The van der Waals surface area contributed by atoms with Crippen LogP contribution in [0.5, 0.6) is 0 Å². The van der Waals surface area contributed by atoms with Gasteiger partial charge in [0.2, 0.25) is 5.89 Å². The first-order valence-electron chi connectivity index (χ1n) is 8.54. The average Bonchev–Trinajstić information content (AvgIpc) is 3.29. The summed E-state index contributed by atoms with van der Waals surface area (Å²) in [5, 5.41) is 4.03. The Bertz CT molecular complexity index is 974. The minimum Gasteiger partial charge on any atom is -0.339 e. The van der Waals surface area contributed by atoms with Crippen LogP contribution in [-0.4, -0.2) is 30.1 Å². The van der Waals surface area contributed by atoms with Gasteiger partial charge in [-0.15, -0.1) is 0 Å². The van der Waals surface area contributed by atoms with E-state index in [1.807, 2.05) is 0 Å². The molecule has 0 aromatic carbocycles. The molecule has 3 heterocycles. The summed E-state index contributed by atoms with van der Waals surface area (Å²) in [5.41, 5.74) is 6.60. The van der Waals surface area contributed by atoms with Crippen LogP contribution >= 0.6 is 0 Å². The minimum atomic E-state index is -0.518. The van der Waals surface area contributed by atoms with Crippen LogP contribution in [0.3, 0.4) is 0 Å². The van der Waals surface area contributed by atoms with Crippen molar-refractivity contribution in [3.63, 3.8) is 0 Å². The van der Waals surface area contributed by atoms with Gasteiger partial charge in [-0.25, -0.2) is 15.0 Å². The fraction of sp³-hybridized carbons (Fsp3) is 0.412. The zero-order chi connectivity index (χ0) is 18.1. The van der Waals surface area contributed by atoms with Crippen molar-refractivity contribution in [1.82, 2.24) is 30.1 Å². The lowest BCUT2D eigenvalue weighted by Crippen LogP contribution is -2.34. The number of H-pyrrole nitrogens is 1. The molecule has 3 aromatic rings. The van der Waals surface area contributed by atoms with Crippen molar-refractivity contribution < 1.29 is 4.52 Å². The van der Waals surface area contributed by atoms with Gasteiger partial charge in [0.15, 0.2) is 17.5 Å². The zero-order valence-corrected chi connectivity index (χ0v) is 14.4. The van der Waals surface area contributed by atoms with Crippen LogP contribution in [0.1, 0.15) is 48.7 Å². The Morgan fingerprint density at radius 3 is 2.65 bits per heavy atom.